The van der Waals surface area contributed by atoms with Crippen molar-refractivity contribution >= 4 is 27.0 Å². The Kier molecular flexibility index (Phi) is 3.61. The smallest absolute Gasteiger partial charge is 0.291 e. The highest BCUT2D eigenvalue weighted by Gasteiger charge is 2.42. The average Bonchev–Trinajstić information content (AvgIpc) is 2.62. The van der Waals surface area contributed by atoms with Crippen molar-refractivity contribution in [2.75, 3.05) is 6.26 Å². The molecule has 102 valence electrons. The highest BCUT2D eigenvalue weighted by molar-refractivity contribution is 7.92. The SMILES string of the molecule is CC(C)(C(=O)c1cnc(C(F)(F)F)s1)S(C)(=O)=O. The van der Waals surface area contributed by atoms with E-state index in [1.807, 2.05) is 0 Å². The maximum Gasteiger partial charge on any atom is 0.443 e. The van der Waals surface area contributed by atoms with Crippen molar-refractivity contribution in [3.05, 3.63) is 16.1 Å². The summed E-state index contributed by atoms with van der Waals surface area (Å²) in [5.41, 5.74) is 0. The molecule has 1 rings (SSSR count). The molecule has 0 saturated heterocycles. The number of carbonyl (C=O) groups is 1. The van der Waals surface area contributed by atoms with E-state index in [9.17, 15) is 26.4 Å². The molecule has 0 saturated carbocycles. The van der Waals surface area contributed by atoms with Crippen molar-refractivity contribution in [1.29, 1.82) is 0 Å². The van der Waals surface area contributed by atoms with Crippen LogP contribution >= 0.6 is 11.3 Å². The number of hydrogen-bond acceptors (Lipinski definition) is 5. The first-order chi connectivity index (χ1) is 7.87. The molecule has 0 N–H and O–H groups in total. The van der Waals surface area contributed by atoms with Crippen LogP contribution in [0.3, 0.4) is 0 Å². The highest BCUT2D eigenvalue weighted by atomic mass is 32.2. The van der Waals surface area contributed by atoms with Crippen molar-refractivity contribution < 1.29 is 26.4 Å². The Morgan fingerprint density at radius 3 is 2.17 bits per heavy atom. The molecule has 0 bridgehead atoms. The van der Waals surface area contributed by atoms with Gasteiger partial charge in [-0.25, -0.2) is 13.4 Å². The third-order valence-electron chi connectivity index (χ3n) is 2.45. The van der Waals surface area contributed by atoms with Gasteiger partial charge in [-0.3, -0.25) is 4.79 Å². The summed E-state index contributed by atoms with van der Waals surface area (Å²) in [7, 11) is -3.73. The summed E-state index contributed by atoms with van der Waals surface area (Å²) in [6.07, 6.45) is -3.03. The van der Waals surface area contributed by atoms with Crippen LogP contribution in [0, 0.1) is 0 Å². The zero-order valence-corrected chi connectivity index (χ0v) is 11.3. The van der Waals surface area contributed by atoms with E-state index in [1.165, 1.54) is 0 Å². The van der Waals surface area contributed by atoms with Gasteiger partial charge in [0, 0.05) is 12.5 Å². The summed E-state index contributed by atoms with van der Waals surface area (Å²) < 4.78 is 58.0. The summed E-state index contributed by atoms with van der Waals surface area (Å²) in [5, 5.41) is -1.17. The van der Waals surface area contributed by atoms with Gasteiger partial charge < -0.3 is 0 Å². The highest BCUT2D eigenvalue weighted by Crippen LogP contribution is 2.34. The van der Waals surface area contributed by atoms with Crippen molar-refractivity contribution in [3.63, 3.8) is 0 Å². The number of alkyl halides is 3. The van der Waals surface area contributed by atoms with Crippen LogP contribution < -0.4 is 0 Å². The third-order valence-corrected chi connectivity index (χ3v) is 5.53. The number of thiazole rings is 1. The summed E-state index contributed by atoms with van der Waals surface area (Å²) >= 11 is 0.141. The Morgan fingerprint density at radius 2 is 1.83 bits per heavy atom. The van der Waals surface area contributed by atoms with E-state index in [0.29, 0.717) is 0 Å². The molecule has 0 atom stereocenters. The standard InChI is InChI=1S/C9H10F3NO3S2/c1-8(2,18(3,15)16)6(14)5-4-13-7(17-5)9(10,11)12/h4H,1-3H3. The van der Waals surface area contributed by atoms with Gasteiger partial charge in [-0.05, 0) is 13.8 Å². The monoisotopic (exact) mass is 301 g/mol. The molecule has 1 aromatic rings. The number of sulfone groups is 1. The third kappa shape index (κ3) is 2.72. The Bertz CT molecular complexity index is 572. The minimum Gasteiger partial charge on any atom is -0.291 e. The van der Waals surface area contributed by atoms with Gasteiger partial charge in [0.2, 0.25) is 0 Å². The van der Waals surface area contributed by atoms with Crippen LogP contribution in [0.15, 0.2) is 6.20 Å². The molecule has 0 radical (unpaired) electrons. The number of nitrogens with zero attached hydrogens (tertiary/aromatic N) is 1. The summed E-state index contributed by atoms with van der Waals surface area (Å²) in [5.74, 6) is -0.891. The van der Waals surface area contributed by atoms with Gasteiger partial charge in [0.15, 0.2) is 20.6 Å². The molecular weight excluding hydrogens is 291 g/mol. The lowest BCUT2D eigenvalue weighted by Crippen LogP contribution is -2.39. The molecule has 0 spiro atoms. The molecule has 1 aromatic heterocycles. The fraction of sp³-hybridized carbons (Fsp3) is 0.556. The number of rotatable bonds is 3. The molecule has 4 nitrogen and oxygen atoms in total. The first kappa shape index (κ1) is 15.1. The van der Waals surface area contributed by atoms with E-state index in [1.54, 1.807) is 0 Å². The molecule has 0 amide bonds. The second-order valence-corrected chi connectivity index (χ2v) is 7.73. The molecule has 0 aliphatic heterocycles. The second-order valence-electron chi connectivity index (χ2n) is 4.14. The van der Waals surface area contributed by atoms with Gasteiger partial charge in [-0.2, -0.15) is 13.2 Å². The second kappa shape index (κ2) is 4.30. The first-order valence-electron chi connectivity index (χ1n) is 4.65. The average molecular weight is 301 g/mol. The molecule has 0 fully saturated rings. The zero-order chi connectivity index (χ0) is 14.4. The Hall–Kier alpha value is -0.960. The van der Waals surface area contributed by atoms with Gasteiger partial charge in [0.1, 0.15) is 4.75 Å². The van der Waals surface area contributed by atoms with Crippen LogP contribution in [0.5, 0.6) is 0 Å². The van der Waals surface area contributed by atoms with Crippen LogP contribution in [0.4, 0.5) is 13.2 Å². The normalized spacial score (nSPS) is 13.7. The minimum atomic E-state index is -4.64. The van der Waals surface area contributed by atoms with Gasteiger partial charge in [0.25, 0.3) is 0 Å². The summed E-state index contributed by atoms with van der Waals surface area (Å²) in [6.45, 7) is 2.30. The lowest BCUT2D eigenvalue weighted by atomic mass is 10.1. The van der Waals surface area contributed by atoms with Gasteiger partial charge in [-0.15, -0.1) is 11.3 Å². The summed E-state index contributed by atoms with van der Waals surface area (Å²) in [4.78, 5) is 14.6. The van der Waals surface area contributed by atoms with E-state index in [0.717, 1.165) is 26.3 Å². The Labute approximate surface area is 106 Å². The number of aromatic nitrogens is 1. The van der Waals surface area contributed by atoms with Gasteiger partial charge in [0.05, 0.1) is 4.88 Å². The van der Waals surface area contributed by atoms with Crippen LogP contribution in [0.1, 0.15) is 28.5 Å². The first-order valence-corrected chi connectivity index (χ1v) is 7.35. The Morgan fingerprint density at radius 1 is 1.33 bits per heavy atom. The number of ketones is 1. The van der Waals surface area contributed by atoms with Crippen molar-refractivity contribution in [2.24, 2.45) is 0 Å². The fourth-order valence-corrected chi connectivity index (χ4v) is 2.37. The minimum absolute atomic E-state index is 0.141. The molecule has 0 aliphatic rings. The lowest BCUT2D eigenvalue weighted by Gasteiger charge is -2.19. The van der Waals surface area contributed by atoms with Crippen molar-refractivity contribution in [3.8, 4) is 0 Å². The predicted octanol–water partition coefficient (Wildman–Crippen LogP) is 2.17. The number of Topliss-reactive ketones (excluding diaryl/α,β-unsaturated/α-hetero) is 1. The zero-order valence-electron chi connectivity index (χ0n) is 9.70. The largest absolute Gasteiger partial charge is 0.443 e. The van der Waals surface area contributed by atoms with E-state index >= 15 is 0 Å². The molecular formula is C9H10F3NO3S2. The topological polar surface area (TPSA) is 64.1 Å². The van der Waals surface area contributed by atoms with Crippen molar-refractivity contribution in [2.45, 2.75) is 24.8 Å². The van der Waals surface area contributed by atoms with E-state index in [4.69, 9.17) is 0 Å². The summed E-state index contributed by atoms with van der Waals surface area (Å²) in [6, 6.07) is 0. The fourth-order valence-electron chi connectivity index (χ4n) is 0.975. The van der Waals surface area contributed by atoms with Crippen LogP contribution in [-0.2, 0) is 16.0 Å². The van der Waals surface area contributed by atoms with E-state index < -0.39 is 31.6 Å². The quantitative estimate of drug-likeness (QED) is 0.803. The lowest BCUT2D eigenvalue weighted by molar-refractivity contribution is -0.137. The maximum atomic E-state index is 12.3. The van der Waals surface area contributed by atoms with E-state index in [2.05, 4.69) is 4.98 Å². The van der Waals surface area contributed by atoms with E-state index in [-0.39, 0.29) is 16.2 Å². The predicted molar refractivity (Wildman–Crippen MR) is 60.4 cm³/mol. The maximum absolute atomic E-state index is 12.3. The number of carbonyl (C=O) groups excluding carboxylic acids is 1. The molecule has 0 aromatic carbocycles. The Balaban J connectivity index is 3.18. The molecule has 1 heterocycles. The van der Waals surface area contributed by atoms with Gasteiger partial charge >= 0.3 is 6.18 Å². The van der Waals surface area contributed by atoms with Crippen LogP contribution in [0.2, 0.25) is 0 Å². The molecule has 0 unspecified atom stereocenters. The van der Waals surface area contributed by atoms with Crippen LogP contribution in [0.25, 0.3) is 0 Å². The number of hydrogen-bond donors (Lipinski definition) is 0. The van der Waals surface area contributed by atoms with Crippen LogP contribution in [-0.4, -0.2) is 30.2 Å². The van der Waals surface area contributed by atoms with Crippen molar-refractivity contribution in [1.82, 2.24) is 4.98 Å². The van der Waals surface area contributed by atoms with Gasteiger partial charge in [-0.1, -0.05) is 0 Å². The molecule has 0 aliphatic carbocycles. The molecule has 18 heavy (non-hydrogen) atoms. The molecule has 9 heteroatoms. The number of halogens is 3.